The van der Waals surface area contributed by atoms with Crippen LogP contribution in [0.15, 0.2) is 0 Å². The van der Waals surface area contributed by atoms with Gasteiger partial charge in [-0.2, -0.15) is 5.10 Å². The van der Waals surface area contributed by atoms with Crippen molar-refractivity contribution in [1.29, 1.82) is 0 Å². The molecule has 2 atom stereocenters. The summed E-state index contributed by atoms with van der Waals surface area (Å²) in [5.41, 5.74) is 3.96. The second kappa shape index (κ2) is 6.49. The molecule has 0 saturated carbocycles. The highest BCUT2D eigenvalue weighted by Gasteiger charge is 2.36. The monoisotopic (exact) mass is 292 g/mol. The molecule has 0 spiro atoms. The Balaban J connectivity index is 2.13. The molecular weight excluding hydrogens is 260 g/mol. The van der Waals surface area contributed by atoms with Crippen LogP contribution in [0.2, 0.25) is 0 Å². The summed E-state index contributed by atoms with van der Waals surface area (Å²) in [6.07, 6.45) is 0. The Kier molecular flexibility index (Phi) is 5.10. The second-order valence-electron chi connectivity index (χ2n) is 7.10. The minimum atomic E-state index is 0.673. The SMILES string of the molecule is CCn1nc(C)c(CN2C[C@@H](N(C)C)[C@H](C(C)C)C2)c1C. The molecule has 0 unspecified atom stereocenters. The lowest BCUT2D eigenvalue weighted by atomic mass is 9.91. The van der Waals surface area contributed by atoms with Gasteiger partial charge in [0.2, 0.25) is 0 Å². The van der Waals surface area contributed by atoms with E-state index in [9.17, 15) is 0 Å². The van der Waals surface area contributed by atoms with Gasteiger partial charge in [0.25, 0.3) is 0 Å². The number of likely N-dealkylation sites (N-methyl/N-ethyl adjacent to an activating group) is 1. The van der Waals surface area contributed by atoms with E-state index in [0.29, 0.717) is 6.04 Å². The van der Waals surface area contributed by atoms with Crippen molar-refractivity contribution in [3.05, 3.63) is 17.0 Å². The van der Waals surface area contributed by atoms with Gasteiger partial charge in [0.15, 0.2) is 0 Å². The van der Waals surface area contributed by atoms with Crippen LogP contribution in [0.3, 0.4) is 0 Å². The maximum Gasteiger partial charge on any atom is 0.0641 e. The highest BCUT2D eigenvalue weighted by atomic mass is 15.3. The van der Waals surface area contributed by atoms with E-state index < -0.39 is 0 Å². The summed E-state index contributed by atoms with van der Waals surface area (Å²) in [4.78, 5) is 5.02. The van der Waals surface area contributed by atoms with E-state index >= 15 is 0 Å². The highest BCUT2D eigenvalue weighted by Crippen LogP contribution is 2.29. The summed E-state index contributed by atoms with van der Waals surface area (Å²) in [5, 5.41) is 4.66. The van der Waals surface area contributed by atoms with Gasteiger partial charge >= 0.3 is 0 Å². The van der Waals surface area contributed by atoms with Crippen LogP contribution in [-0.4, -0.2) is 52.8 Å². The maximum absolute atomic E-state index is 4.66. The van der Waals surface area contributed by atoms with Crippen molar-refractivity contribution in [2.24, 2.45) is 11.8 Å². The Morgan fingerprint density at radius 3 is 2.33 bits per heavy atom. The van der Waals surface area contributed by atoms with Gasteiger partial charge in [0, 0.05) is 43.5 Å². The fourth-order valence-electron chi connectivity index (χ4n) is 3.72. The Bertz CT molecular complexity index is 459. The molecule has 120 valence electrons. The van der Waals surface area contributed by atoms with Gasteiger partial charge < -0.3 is 4.90 Å². The lowest BCUT2D eigenvalue weighted by molar-refractivity contribution is 0.215. The molecule has 21 heavy (non-hydrogen) atoms. The van der Waals surface area contributed by atoms with E-state index in [4.69, 9.17) is 0 Å². The van der Waals surface area contributed by atoms with Gasteiger partial charge in [-0.15, -0.1) is 0 Å². The molecule has 1 aromatic heterocycles. The van der Waals surface area contributed by atoms with Crippen molar-refractivity contribution in [1.82, 2.24) is 19.6 Å². The largest absolute Gasteiger partial charge is 0.305 e. The minimum Gasteiger partial charge on any atom is -0.305 e. The quantitative estimate of drug-likeness (QED) is 0.833. The van der Waals surface area contributed by atoms with Gasteiger partial charge in [-0.1, -0.05) is 13.8 Å². The predicted octanol–water partition coefficient (Wildman–Crippen LogP) is 2.54. The summed E-state index contributed by atoms with van der Waals surface area (Å²) in [6, 6.07) is 0.673. The first-order chi connectivity index (χ1) is 9.85. The molecule has 1 aromatic rings. The molecule has 1 aliphatic rings. The molecule has 4 nitrogen and oxygen atoms in total. The van der Waals surface area contributed by atoms with E-state index in [0.717, 1.165) is 24.9 Å². The van der Waals surface area contributed by atoms with Crippen LogP contribution in [0.4, 0.5) is 0 Å². The molecule has 0 amide bonds. The summed E-state index contributed by atoms with van der Waals surface area (Å²) in [6.45, 7) is 15.6. The minimum absolute atomic E-state index is 0.673. The van der Waals surface area contributed by atoms with Gasteiger partial charge in [-0.25, -0.2) is 0 Å². The number of rotatable bonds is 5. The van der Waals surface area contributed by atoms with Crippen molar-refractivity contribution < 1.29 is 0 Å². The van der Waals surface area contributed by atoms with Crippen LogP contribution in [0, 0.1) is 25.7 Å². The van der Waals surface area contributed by atoms with Crippen LogP contribution >= 0.6 is 0 Å². The second-order valence-corrected chi connectivity index (χ2v) is 7.10. The molecule has 0 radical (unpaired) electrons. The fourth-order valence-corrected chi connectivity index (χ4v) is 3.72. The topological polar surface area (TPSA) is 24.3 Å². The zero-order chi connectivity index (χ0) is 15.7. The molecule has 1 saturated heterocycles. The average molecular weight is 292 g/mol. The number of likely N-dealkylation sites (tertiary alicyclic amines) is 1. The Morgan fingerprint density at radius 1 is 1.24 bits per heavy atom. The van der Waals surface area contributed by atoms with Crippen molar-refractivity contribution >= 4 is 0 Å². The molecular formula is C17H32N4. The third-order valence-corrected chi connectivity index (χ3v) is 5.14. The summed E-state index contributed by atoms with van der Waals surface area (Å²) in [5.74, 6) is 1.50. The molecule has 0 aromatic carbocycles. The standard InChI is InChI=1S/C17H32N4/c1-8-21-14(5)16(13(4)18-21)10-20-9-15(12(2)3)17(11-20)19(6)7/h12,15,17H,8-11H2,1-7H3/t15-,17+/m0/s1. The number of nitrogens with zero attached hydrogens (tertiary/aromatic N) is 4. The lowest BCUT2D eigenvalue weighted by Crippen LogP contribution is -2.37. The zero-order valence-electron chi connectivity index (χ0n) is 14.8. The van der Waals surface area contributed by atoms with E-state index in [-0.39, 0.29) is 0 Å². The molecule has 0 aliphatic carbocycles. The first-order valence-electron chi connectivity index (χ1n) is 8.26. The number of aryl methyl sites for hydroxylation is 2. The summed E-state index contributed by atoms with van der Waals surface area (Å²) in [7, 11) is 4.43. The molecule has 2 heterocycles. The Hall–Kier alpha value is -0.870. The molecule has 0 N–H and O–H groups in total. The van der Waals surface area contributed by atoms with Crippen molar-refractivity contribution in [2.75, 3.05) is 27.2 Å². The van der Waals surface area contributed by atoms with E-state index in [1.807, 2.05) is 0 Å². The van der Waals surface area contributed by atoms with Crippen LogP contribution in [-0.2, 0) is 13.1 Å². The van der Waals surface area contributed by atoms with Gasteiger partial charge in [0.05, 0.1) is 5.69 Å². The average Bonchev–Trinajstić information content (AvgIpc) is 2.95. The Morgan fingerprint density at radius 2 is 1.90 bits per heavy atom. The summed E-state index contributed by atoms with van der Waals surface area (Å²) >= 11 is 0. The molecule has 4 heteroatoms. The zero-order valence-corrected chi connectivity index (χ0v) is 14.8. The first-order valence-corrected chi connectivity index (χ1v) is 8.26. The van der Waals surface area contributed by atoms with Crippen molar-refractivity contribution in [3.63, 3.8) is 0 Å². The van der Waals surface area contributed by atoms with Gasteiger partial charge in [0.1, 0.15) is 0 Å². The number of hydrogen-bond acceptors (Lipinski definition) is 3. The molecule has 0 bridgehead atoms. The first kappa shape index (κ1) is 16.5. The third kappa shape index (κ3) is 3.32. The van der Waals surface area contributed by atoms with Crippen LogP contribution < -0.4 is 0 Å². The third-order valence-electron chi connectivity index (χ3n) is 5.14. The normalized spacial score (nSPS) is 23.7. The molecule has 2 rings (SSSR count). The lowest BCUT2D eigenvalue weighted by Gasteiger charge is -2.27. The van der Waals surface area contributed by atoms with Gasteiger partial charge in [-0.05, 0) is 46.7 Å². The molecule has 1 aliphatic heterocycles. The predicted molar refractivity (Wildman–Crippen MR) is 88.5 cm³/mol. The van der Waals surface area contributed by atoms with E-state index in [1.54, 1.807) is 0 Å². The highest BCUT2D eigenvalue weighted by molar-refractivity contribution is 5.24. The number of aromatic nitrogens is 2. The smallest absolute Gasteiger partial charge is 0.0641 e. The van der Waals surface area contributed by atoms with E-state index in [1.165, 1.54) is 30.0 Å². The van der Waals surface area contributed by atoms with Crippen molar-refractivity contribution in [2.45, 2.75) is 53.8 Å². The van der Waals surface area contributed by atoms with Crippen LogP contribution in [0.5, 0.6) is 0 Å². The maximum atomic E-state index is 4.66. The Labute approximate surface area is 130 Å². The molecule has 1 fully saturated rings. The fraction of sp³-hybridized carbons (Fsp3) is 0.824. The van der Waals surface area contributed by atoms with Gasteiger partial charge in [-0.3, -0.25) is 9.58 Å². The summed E-state index contributed by atoms with van der Waals surface area (Å²) < 4.78 is 2.13. The van der Waals surface area contributed by atoms with E-state index in [2.05, 4.69) is 68.3 Å². The number of hydrogen-bond donors (Lipinski definition) is 0. The van der Waals surface area contributed by atoms with Crippen molar-refractivity contribution in [3.8, 4) is 0 Å². The van der Waals surface area contributed by atoms with Crippen LogP contribution in [0.25, 0.3) is 0 Å². The van der Waals surface area contributed by atoms with Crippen LogP contribution in [0.1, 0.15) is 37.7 Å².